The van der Waals surface area contributed by atoms with E-state index in [1.54, 1.807) is 0 Å². The first-order valence-corrected chi connectivity index (χ1v) is 5.68. The molecule has 0 unspecified atom stereocenters. The van der Waals surface area contributed by atoms with Gasteiger partial charge in [-0.25, -0.2) is 0 Å². The number of carbonyl (C=O) groups excluding carboxylic acids is 1. The van der Waals surface area contributed by atoms with Crippen molar-refractivity contribution in [2.75, 3.05) is 13.7 Å². The second-order valence-corrected chi connectivity index (χ2v) is 4.45. The number of hydrogen-bond donors (Lipinski definition) is 2. The summed E-state index contributed by atoms with van der Waals surface area (Å²) in [4.78, 5) is 14.6. The van der Waals surface area contributed by atoms with Crippen molar-refractivity contribution in [3.05, 3.63) is 24.0 Å². The van der Waals surface area contributed by atoms with E-state index >= 15 is 0 Å². The van der Waals surface area contributed by atoms with E-state index in [1.165, 1.54) is 12.7 Å². The third-order valence-corrected chi connectivity index (χ3v) is 3.38. The highest BCUT2D eigenvalue weighted by Crippen LogP contribution is 2.41. The van der Waals surface area contributed by atoms with Crippen molar-refractivity contribution in [3.63, 3.8) is 0 Å². The Morgan fingerprint density at radius 3 is 2.94 bits per heavy atom. The molecule has 1 heterocycles. The van der Waals surface area contributed by atoms with Crippen LogP contribution in [0.1, 0.15) is 24.8 Å². The molecule has 1 aliphatic rings. The molecule has 1 fully saturated rings. The minimum atomic E-state index is -0.259. The highest BCUT2D eigenvalue weighted by Gasteiger charge is 2.44. The monoisotopic (exact) mass is 222 g/mol. The van der Waals surface area contributed by atoms with E-state index < -0.39 is 0 Å². The highest BCUT2D eigenvalue weighted by atomic mass is 16.5. The zero-order valence-corrected chi connectivity index (χ0v) is 9.58. The van der Waals surface area contributed by atoms with Gasteiger partial charge < -0.3 is 15.0 Å². The van der Waals surface area contributed by atoms with Gasteiger partial charge in [0.15, 0.2) is 0 Å². The van der Waals surface area contributed by atoms with Gasteiger partial charge in [0.05, 0.1) is 12.5 Å². The number of H-pyrrole nitrogens is 1. The van der Waals surface area contributed by atoms with E-state index in [1.807, 2.05) is 18.5 Å². The maximum Gasteiger partial charge on any atom is 0.313 e. The van der Waals surface area contributed by atoms with Crippen LogP contribution in [-0.4, -0.2) is 24.6 Å². The maximum atomic E-state index is 11.6. The average Bonchev–Trinajstić information content (AvgIpc) is 2.74. The number of nitrogens with one attached hydrogen (secondary N) is 2. The molecule has 1 aromatic heterocycles. The van der Waals surface area contributed by atoms with Crippen LogP contribution in [-0.2, 0) is 16.1 Å². The molecule has 0 saturated heterocycles. The third kappa shape index (κ3) is 2.11. The molecule has 16 heavy (non-hydrogen) atoms. The molecule has 0 aliphatic heterocycles. The number of esters is 1. The van der Waals surface area contributed by atoms with Crippen LogP contribution >= 0.6 is 0 Å². The van der Waals surface area contributed by atoms with E-state index in [0.717, 1.165) is 25.8 Å². The van der Waals surface area contributed by atoms with Gasteiger partial charge >= 0.3 is 5.97 Å². The van der Waals surface area contributed by atoms with Crippen LogP contribution in [0.5, 0.6) is 0 Å². The summed E-state index contributed by atoms with van der Waals surface area (Å²) in [6.45, 7) is 1.51. The van der Waals surface area contributed by atoms with Crippen LogP contribution < -0.4 is 5.32 Å². The fourth-order valence-corrected chi connectivity index (χ4v) is 2.19. The molecule has 0 aromatic carbocycles. The molecule has 0 bridgehead atoms. The Morgan fingerprint density at radius 2 is 2.44 bits per heavy atom. The normalized spacial score (nSPS) is 17.8. The largest absolute Gasteiger partial charge is 0.469 e. The topological polar surface area (TPSA) is 54.1 Å². The first kappa shape index (κ1) is 11.2. The summed E-state index contributed by atoms with van der Waals surface area (Å²) in [6.07, 6.45) is 6.87. The first-order chi connectivity index (χ1) is 7.77. The van der Waals surface area contributed by atoms with Crippen LogP contribution in [0, 0.1) is 5.41 Å². The lowest BCUT2D eigenvalue weighted by Crippen LogP contribution is -2.46. The van der Waals surface area contributed by atoms with Gasteiger partial charge in [0.1, 0.15) is 0 Å². The van der Waals surface area contributed by atoms with Crippen molar-refractivity contribution in [3.8, 4) is 0 Å². The Morgan fingerprint density at radius 1 is 1.62 bits per heavy atom. The van der Waals surface area contributed by atoms with Gasteiger partial charge in [-0.2, -0.15) is 0 Å². The van der Waals surface area contributed by atoms with Crippen molar-refractivity contribution in [2.24, 2.45) is 5.41 Å². The van der Waals surface area contributed by atoms with Crippen LogP contribution in [0.2, 0.25) is 0 Å². The van der Waals surface area contributed by atoms with Gasteiger partial charge in [0, 0.05) is 25.5 Å². The average molecular weight is 222 g/mol. The van der Waals surface area contributed by atoms with Crippen molar-refractivity contribution in [1.82, 2.24) is 10.3 Å². The molecular weight excluding hydrogens is 204 g/mol. The minimum Gasteiger partial charge on any atom is -0.469 e. The molecule has 4 nitrogen and oxygen atoms in total. The number of ether oxygens (including phenoxy) is 1. The molecular formula is C12H18N2O2. The first-order valence-electron chi connectivity index (χ1n) is 5.68. The molecule has 0 amide bonds. The Labute approximate surface area is 95.4 Å². The fraction of sp³-hybridized carbons (Fsp3) is 0.583. The summed E-state index contributed by atoms with van der Waals surface area (Å²) in [7, 11) is 1.47. The SMILES string of the molecule is COC(=O)C1(CNCc2cc[nH]c2)CCC1. The lowest BCUT2D eigenvalue weighted by molar-refractivity contribution is -0.158. The third-order valence-electron chi connectivity index (χ3n) is 3.38. The predicted octanol–water partition coefficient (Wildman–Crippen LogP) is 1.45. The zero-order valence-electron chi connectivity index (χ0n) is 9.58. The summed E-state index contributed by atoms with van der Waals surface area (Å²) in [6, 6.07) is 2.03. The Bertz CT molecular complexity index is 342. The smallest absolute Gasteiger partial charge is 0.313 e. The fourth-order valence-electron chi connectivity index (χ4n) is 2.19. The number of rotatable bonds is 5. The predicted molar refractivity (Wildman–Crippen MR) is 60.8 cm³/mol. The summed E-state index contributed by atoms with van der Waals surface area (Å²) >= 11 is 0. The summed E-state index contributed by atoms with van der Waals surface area (Å²) in [5, 5.41) is 3.32. The van der Waals surface area contributed by atoms with Crippen LogP contribution in [0.15, 0.2) is 18.5 Å². The minimum absolute atomic E-state index is 0.0691. The van der Waals surface area contributed by atoms with Crippen molar-refractivity contribution < 1.29 is 9.53 Å². The van der Waals surface area contributed by atoms with E-state index in [4.69, 9.17) is 4.74 Å². The van der Waals surface area contributed by atoms with Crippen LogP contribution in [0.3, 0.4) is 0 Å². The summed E-state index contributed by atoms with van der Waals surface area (Å²) in [5.41, 5.74) is 0.949. The van der Waals surface area contributed by atoms with Gasteiger partial charge in [-0.3, -0.25) is 4.79 Å². The van der Waals surface area contributed by atoms with Gasteiger partial charge in [-0.15, -0.1) is 0 Å². The maximum absolute atomic E-state index is 11.6. The van der Waals surface area contributed by atoms with E-state index in [2.05, 4.69) is 10.3 Å². The number of carbonyl (C=O) groups is 1. The molecule has 1 aliphatic carbocycles. The van der Waals surface area contributed by atoms with Gasteiger partial charge in [0.2, 0.25) is 0 Å². The second kappa shape index (κ2) is 4.70. The zero-order chi connectivity index (χ0) is 11.4. The molecule has 0 atom stereocenters. The summed E-state index contributed by atoms with van der Waals surface area (Å²) < 4.78 is 4.86. The van der Waals surface area contributed by atoms with Crippen LogP contribution in [0.4, 0.5) is 0 Å². The van der Waals surface area contributed by atoms with Crippen molar-refractivity contribution >= 4 is 5.97 Å². The second-order valence-electron chi connectivity index (χ2n) is 4.45. The van der Waals surface area contributed by atoms with Crippen LogP contribution in [0.25, 0.3) is 0 Å². The molecule has 1 aromatic rings. The quantitative estimate of drug-likeness (QED) is 0.741. The molecule has 4 heteroatoms. The van der Waals surface area contributed by atoms with Crippen molar-refractivity contribution in [1.29, 1.82) is 0 Å². The van der Waals surface area contributed by atoms with E-state index in [-0.39, 0.29) is 11.4 Å². The molecule has 2 N–H and O–H groups in total. The van der Waals surface area contributed by atoms with E-state index in [0.29, 0.717) is 6.54 Å². The molecule has 1 saturated carbocycles. The molecule has 0 spiro atoms. The Kier molecular flexibility index (Phi) is 3.29. The Balaban J connectivity index is 1.81. The number of aromatic nitrogens is 1. The molecule has 2 rings (SSSR count). The Hall–Kier alpha value is -1.29. The van der Waals surface area contributed by atoms with Gasteiger partial charge in [-0.05, 0) is 24.5 Å². The molecule has 88 valence electrons. The number of hydrogen-bond acceptors (Lipinski definition) is 3. The number of aromatic amines is 1. The van der Waals surface area contributed by atoms with Crippen molar-refractivity contribution in [2.45, 2.75) is 25.8 Å². The number of methoxy groups -OCH3 is 1. The lowest BCUT2D eigenvalue weighted by Gasteiger charge is -2.38. The molecule has 0 radical (unpaired) electrons. The van der Waals surface area contributed by atoms with Gasteiger partial charge in [-0.1, -0.05) is 6.42 Å². The van der Waals surface area contributed by atoms with E-state index in [9.17, 15) is 4.79 Å². The van der Waals surface area contributed by atoms with Gasteiger partial charge in [0.25, 0.3) is 0 Å². The lowest BCUT2D eigenvalue weighted by atomic mass is 9.68. The highest BCUT2D eigenvalue weighted by molar-refractivity contribution is 5.78. The standard InChI is InChI=1S/C12H18N2O2/c1-16-11(15)12(4-2-5-12)9-14-8-10-3-6-13-7-10/h3,6-7,13-14H,2,4-5,8-9H2,1H3. The summed E-state index contributed by atoms with van der Waals surface area (Å²) in [5.74, 6) is -0.0691.